The van der Waals surface area contributed by atoms with Crippen LogP contribution in [-0.2, 0) is 27.6 Å². The highest BCUT2D eigenvalue weighted by Gasteiger charge is 2.30. The van der Waals surface area contributed by atoms with E-state index in [4.69, 9.17) is 9.72 Å². The monoisotopic (exact) mass is 443 g/mol. The minimum Gasteiger partial charge on any atom is -0.378 e. The van der Waals surface area contributed by atoms with Gasteiger partial charge in [-0.15, -0.1) is 0 Å². The molecule has 1 aliphatic carbocycles. The number of anilines is 2. The summed E-state index contributed by atoms with van der Waals surface area (Å²) in [5, 5.41) is 0. The van der Waals surface area contributed by atoms with Crippen molar-refractivity contribution in [3.63, 3.8) is 0 Å². The van der Waals surface area contributed by atoms with Gasteiger partial charge in [0.25, 0.3) is 0 Å². The molecule has 5 rings (SSSR count). The lowest BCUT2D eigenvalue weighted by atomic mass is 9.92. The number of morpholine rings is 1. The second-order valence-electron chi connectivity index (χ2n) is 8.34. The van der Waals surface area contributed by atoms with Crippen molar-refractivity contribution < 1.29 is 13.2 Å². The standard InChI is InChI=1S/C22H29N5O3S/c28-31(29,20-6-5-18-3-1-2-4-19(18)17-20)27-11-9-25(10-12-27)21-7-8-23-22(24-21)26-13-15-30-16-14-26/h5-8,17H,1-4,9-16H2. The zero-order chi connectivity index (χ0) is 21.3. The van der Waals surface area contributed by atoms with Crippen LogP contribution < -0.4 is 9.80 Å². The van der Waals surface area contributed by atoms with Crippen molar-refractivity contribution in [3.8, 4) is 0 Å². The van der Waals surface area contributed by atoms with Gasteiger partial charge in [-0.3, -0.25) is 0 Å². The lowest BCUT2D eigenvalue weighted by Crippen LogP contribution is -2.49. The molecular formula is C22H29N5O3S. The highest BCUT2D eigenvalue weighted by atomic mass is 32.2. The van der Waals surface area contributed by atoms with E-state index in [1.54, 1.807) is 16.6 Å². The minimum absolute atomic E-state index is 0.429. The summed E-state index contributed by atoms with van der Waals surface area (Å²) >= 11 is 0. The molecule has 0 bridgehead atoms. The molecular weight excluding hydrogens is 414 g/mol. The lowest BCUT2D eigenvalue weighted by molar-refractivity contribution is 0.122. The Morgan fingerprint density at radius 1 is 0.839 bits per heavy atom. The summed E-state index contributed by atoms with van der Waals surface area (Å²) in [7, 11) is -3.47. The molecule has 3 aliphatic rings. The van der Waals surface area contributed by atoms with Crippen LogP contribution >= 0.6 is 0 Å². The summed E-state index contributed by atoms with van der Waals surface area (Å²) in [6.45, 7) is 5.09. The number of piperazine rings is 1. The fraction of sp³-hybridized carbons (Fsp3) is 0.545. The van der Waals surface area contributed by atoms with Crippen LogP contribution in [0.15, 0.2) is 35.4 Å². The van der Waals surface area contributed by atoms with E-state index in [1.165, 1.54) is 17.5 Å². The molecule has 0 amide bonds. The molecule has 8 nitrogen and oxygen atoms in total. The van der Waals surface area contributed by atoms with Gasteiger partial charge in [0.05, 0.1) is 18.1 Å². The van der Waals surface area contributed by atoms with Crippen molar-refractivity contribution in [1.82, 2.24) is 14.3 Å². The highest BCUT2D eigenvalue weighted by Crippen LogP contribution is 2.27. The van der Waals surface area contributed by atoms with E-state index in [0.29, 0.717) is 50.2 Å². The van der Waals surface area contributed by atoms with Crippen LogP contribution in [0, 0.1) is 0 Å². The summed E-state index contributed by atoms with van der Waals surface area (Å²) in [4.78, 5) is 13.8. The number of rotatable bonds is 4. The third kappa shape index (κ3) is 4.26. The fourth-order valence-electron chi connectivity index (χ4n) is 4.61. The van der Waals surface area contributed by atoms with Gasteiger partial charge < -0.3 is 14.5 Å². The molecule has 0 saturated carbocycles. The molecule has 2 saturated heterocycles. The number of aryl methyl sites for hydroxylation is 2. The summed E-state index contributed by atoms with van der Waals surface area (Å²) in [5.74, 6) is 1.56. The van der Waals surface area contributed by atoms with Crippen LogP contribution in [0.5, 0.6) is 0 Å². The van der Waals surface area contributed by atoms with Gasteiger partial charge in [-0.1, -0.05) is 6.07 Å². The average molecular weight is 444 g/mol. The molecule has 2 aromatic rings. The summed E-state index contributed by atoms with van der Waals surface area (Å²) < 4.78 is 33.5. The van der Waals surface area contributed by atoms with Crippen LogP contribution in [0.2, 0.25) is 0 Å². The normalized spacial score (nSPS) is 20.5. The molecule has 0 atom stereocenters. The lowest BCUT2D eigenvalue weighted by Gasteiger charge is -2.35. The van der Waals surface area contributed by atoms with E-state index >= 15 is 0 Å². The quantitative estimate of drug-likeness (QED) is 0.712. The molecule has 31 heavy (non-hydrogen) atoms. The molecule has 3 heterocycles. The molecule has 2 fully saturated rings. The molecule has 166 valence electrons. The number of hydrogen-bond acceptors (Lipinski definition) is 7. The van der Waals surface area contributed by atoms with E-state index in [-0.39, 0.29) is 0 Å². The van der Waals surface area contributed by atoms with Gasteiger partial charge in [0, 0.05) is 45.5 Å². The van der Waals surface area contributed by atoms with Crippen LogP contribution in [0.3, 0.4) is 0 Å². The Hall–Kier alpha value is -2.23. The van der Waals surface area contributed by atoms with Crippen molar-refractivity contribution in [3.05, 3.63) is 41.6 Å². The Morgan fingerprint density at radius 3 is 2.35 bits per heavy atom. The third-order valence-electron chi connectivity index (χ3n) is 6.44. The Balaban J connectivity index is 1.27. The van der Waals surface area contributed by atoms with Crippen molar-refractivity contribution >= 4 is 21.8 Å². The number of sulfonamides is 1. The fourth-order valence-corrected chi connectivity index (χ4v) is 6.08. The van der Waals surface area contributed by atoms with Gasteiger partial charge in [-0.2, -0.15) is 9.29 Å². The molecule has 1 aromatic carbocycles. The average Bonchev–Trinajstić information content (AvgIpc) is 2.84. The van der Waals surface area contributed by atoms with Gasteiger partial charge in [0.2, 0.25) is 16.0 Å². The Bertz CT molecular complexity index is 1030. The van der Waals surface area contributed by atoms with Crippen LogP contribution in [0.25, 0.3) is 0 Å². The SMILES string of the molecule is O=S(=O)(c1ccc2c(c1)CCCC2)N1CCN(c2ccnc(N3CCOCC3)n2)CC1. The van der Waals surface area contributed by atoms with Crippen molar-refractivity contribution in [1.29, 1.82) is 0 Å². The Morgan fingerprint density at radius 2 is 1.58 bits per heavy atom. The number of ether oxygens (including phenoxy) is 1. The smallest absolute Gasteiger partial charge is 0.243 e. The van der Waals surface area contributed by atoms with Crippen molar-refractivity contribution in [2.24, 2.45) is 0 Å². The molecule has 0 radical (unpaired) electrons. The summed E-state index contributed by atoms with van der Waals surface area (Å²) in [5.41, 5.74) is 2.50. The predicted octanol–water partition coefficient (Wildman–Crippen LogP) is 1.70. The first-order valence-corrected chi connectivity index (χ1v) is 12.6. The van der Waals surface area contributed by atoms with Gasteiger partial charge in [0.15, 0.2) is 0 Å². The Labute approximate surface area is 183 Å². The number of fused-ring (bicyclic) bond motifs is 1. The number of benzene rings is 1. The predicted molar refractivity (Wildman–Crippen MR) is 119 cm³/mol. The zero-order valence-electron chi connectivity index (χ0n) is 17.7. The van der Waals surface area contributed by atoms with Crippen LogP contribution in [0.1, 0.15) is 24.0 Å². The van der Waals surface area contributed by atoms with Gasteiger partial charge in [0.1, 0.15) is 5.82 Å². The van der Waals surface area contributed by atoms with E-state index < -0.39 is 10.0 Å². The van der Waals surface area contributed by atoms with Crippen LogP contribution in [0.4, 0.5) is 11.8 Å². The number of hydrogen-bond donors (Lipinski definition) is 0. The molecule has 0 N–H and O–H groups in total. The van der Waals surface area contributed by atoms with Crippen molar-refractivity contribution in [2.45, 2.75) is 30.6 Å². The topological polar surface area (TPSA) is 78.9 Å². The van der Waals surface area contributed by atoms with Crippen molar-refractivity contribution in [2.75, 3.05) is 62.3 Å². The maximum atomic E-state index is 13.2. The highest BCUT2D eigenvalue weighted by molar-refractivity contribution is 7.89. The second-order valence-corrected chi connectivity index (χ2v) is 10.3. The first kappa shape index (κ1) is 20.7. The first-order chi connectivity index (χ1) is 15.1. The largest absolute Gasteiger partial charge is 0.378 e. The Kier molecular flexibility index (Phi) is 5.81. The molecule has 0 spiro atoms. The van der Waals surface area contributed by atoms with Gasteiger partial charge in [-0.05, 0) is 55.0 Å². The minimum atomic E-state index is -3.47. The molecule has 0 unspecified atom stereocenters. The third-order valence-corrected chi connectivity index (χ3v) is 8.34. The zero-order valence-corrected chi connectivity index (χ0v) is 18.6. The van der Waals surface area contributed by atoms with Crippen LogP contribution in [-0.4, -0.2) is 75.2 Å². The van der Waals surface area contributed by atoms with Gasteiger partial charge in [-0.25, -0.2) is 13.4 Å². The maximum absolute atomic E-state index is 13.2. The first-order valence-electron chi connectivity index (χ1n) is 11.1. The van der Waals surface area contributed by atoms with E-state index in [0.717, 1.165) is 38.2 Å². The number of aromatic nitrogens is 2. The van der Waals surface area contributed by atoms with E-state index in [9.17, 15) is 8.42 Å². The molecule has 1 aromatic heterocycles. The summed E-state index contributed by atoms with van der Waals surface area (Å²) in [6, 6.07) is 7.59. The summed E-state index contributed by atoms with van der Waals surface area (Å²) in [6.07, 6.45) is 6.15. The van der Waals surface area contributed by atoms with Gasteiger partial charge >= 0.3 is 0 Å². The number of nitrogens with zero attached hydrogens (tertiary/aromatic N) is 5. The maximum Gasteiger partial charge on any atom is 0.243 e. The van der Waals surface area contributed by atoms with E-state index in [1.807, 2.05) is 18.2 Å². The molecule has 9 heteroatoms. The second kappa shape index (κ2) is 8.72. The molecule has 2 aliphatic heterocycles. The van der Waals surface area contributed by atoms with E-state index in [2.05, 4.69) is 14.8 Å².